The van der Waals surface area contributed by atoms with Crippen molar-refractivity contribution < 1.29 is 9.59 Å². The Labute approximate surface area is 173 Å². The van der Waals surface area contributed by atoms with Gasteiger partial charge in [0.05, 0.1) is 5.69 Å². The number of aryl methyl sites for hydroxylation is 1. The molecule has 0 spiro atoms. The highest BCUT2D eigenvalue weighted by molar-refractivity contribution is 5.97. The van der Waals surface area contributed by atoms with Crippen molar-refractivity contribution in [3.8, 4) is 0 Å². The monoisotopic (exact) mass is 396 g/mol. The van der Waals surface area contributed by atoms with Gasteiger partial charge in [-0.2, -0.15) is 0 Å². The lowest BCUT2D eigenvalue weighted by molar-refractivity contribution is 0.0748. The number of hydrogen-bond donors (Lipinski definition) is 1. The van der Waals surface area contributed by atoms with Crippen LogP contribution in [-0.2, 0) is 19.5 Å². The molecule has 6 nitrogen and oxygen atoms in total. The highest BCUT2D eigenvalue weighted by Gasteiger charge is 2.29. The van der Waals surface area contributed by atoms with Crippen LogP contribution in [0.1, 0.15) is 77.5 Å². The summed E-state index contributed by atoms with van der Waals surface area (Å²) >= 11 is 0. The van der Waals surface area contributed by atoms with E-state index in [0.717, 1.165) is 55.5 Å². The molecule has 0 fully saturated rings. The van der Waals surface area contributed by atoms with E-state index < -0.39 is 0 Å². The number of amides is 2. The van der Waals surface area contributed by atoms with Crippen LogP contribution in [0.5, 0.6) is 0 Å². The summed E-state index contributed by atoms with van der Waals surface area (Å²) in [7, 11) is 0. The Morgan fingerprint density at radius 2 is 1.86 bits per heavy atom. The fraction of sp³-hybridized carbons (Fsp3) is 0.522. The Balaban J connectivity index is 1.85. The quantitative estimate of drug-likeness (QED) is 0.739. The van der Waals surface area contributed by atoms with E-state index in [1.54, 1.807) is 0 Å². The second-order valence-corrected chi connectivity index (χ2v) is 7.74. The third-order valence-electron chi connectivity index (χ3n) is 5.50. The number of nitrogens with one attached hydrogen (secondary N) is 1. The first kappa shape index (κ1) is 21.1. The minimum absolute atomic E-state index is 0.0442. The van der Waals surface area contributed by atoms with Crippen LogP contribution in [0.3, 0.4) is 0 Å². The number of fused-ring (bicyclic) bond motifs is 1. The van der Waals surface area contributed by atoms with Gasteiger partial charge in [-0.1, -0.05) is 38.1 Å². The standard InChI is InChI=1S/C23H32N4O2/c1-4-13-26(14-5-2)23(29)20-19-12-8-9-15-27(19)21(25-20)22(28)24-16-18-11-7-6-10-17(18)3/h6-7,10-11H,4-5,8-9,12-16H2,1-3H3,(H,24,28). The third-order valence-corrected chi connectivity index (χ3v) is 5.50. The molecule has 0 saturated carbocycles. The topological polar surface area (TPSA) is 67.2 Å². The van der Waals surface area contributed by atoms with E-state index in [4.69, 9.17) is 0 Å². The molecule has 0 atom stereocenters. The Bertz CT molecular complexity index is 866. The number of carbonyl (C=O) groups excluding carboxylic acids is 2. The average Bonchev–Trinajstić information content (AvgIpc) is 3.12. The van der Waals surface area contributed by atoms with Gasteiger partial charge < -0.3 is 14.8 Å². The number of rotatable bonds is 8. The number of hydrogen-bond acceptors (Lipinski definition) is 3. The molecule has 0 bridgehead atoms. The van der Waals surface area contributed by atoms with Crippen LogP contribution in [0, 0.1) is 6.92 Å². The van der Waals surface area contributed by atoms with Gasteiger partial charge in [-0.05, 0) is 50.2 Å². The van der Waals surface area contributed by atoms with Crippen molar-refractivity contribution in [2.45, 2.75) is 66.0 Å². The van der Waals surface area contributed by atoms with Gasteiger partial charge in [0.2, 0.25) is 0 Å². The lowest BCUT2D eigenvalue weighted by Crippen LogP contribution is -2.33. The number of aromatic nitrogens is 2. The maximum Gasteiger partial charge on any atom is 0.287 e. The minimum Gasteiger partial charge on any atom is -0.345 e. The predicted octanol–water partition coefficient (Wildman–Crippen LogP) is 3.72. The Kier molecular flexibility index (Phi) is 7.07. The molecule has 156 valence electrons. The van der Waals surface area contributed by atoms with Crippen LogP contribution in [0.2, 0.25) is 0 Å². The van der Waals surface area contributed by atoms with Crippen LogP contribution in [0.4, 0.5) is 0 Å². The van der Waals surface area contributed by atoms with Gasteiger partial charge in [-0.3, -0.25) is 9.59 Å². The van der Waals surface area contributed by atoms with E-state index in [1.165, 1.54) is 0 Å². The predicted molar refractivity (Wildman–Crippen MR) is 114 cm³/mol. The Morgan fingerprint density at radius 1 is 1.14 bits per heavy atom. The van der Waals surface area contributed by atoms with E-state index in [0.29, 0.717) is 31.2 Å². The summed E-state index contributed by atoms with van der Waals surface area (Å²) in [6, 6.07) is 8.01. The molecule has 0 aliphatic carbocycles. The van der Waals surface area contributed by atoms with Gasteiger partial charge in [0.1, 0.15) is 5.69 Å². The average molecular weight is 397 g/mol. The molecule has 0 radical (unpaired) electrons. The number of carbonyl (C=O) groups is 2. The largest absolute Gasteiger partial charge is 0.345 e. The van der Waals surface area contributed by atoms with Gasteiger partial charge in [-0.25, -0.2) is 4.98 Å². The summed E-state index contributed by atoms with van der Waals surface area (Å²) in [6.45, 7) is 8.80. The molecule has 1 aliphatic heterocycles. The minimum atomic E-state index is -0.215. The Morgan fingerprint density at radius 3 is 2.55 bits per heavy atom. The summed E-state index contributed by atoms with van der Waals surface area (Å²) in [4.78, 5) is 32.6. The lowest BCUT2D eigenvalue weighted by atomic mass is 10.1. The molecule has 1 aromatic carbocycles. The molecule has 2 aromatic rings. The zero-order valence-electron chi connectivity index (χ0n) is 17.8. The van der Waals surface area contributed by atoms with E-state index in [9.17, 15) is 9.59 Å². The maximum atomic E-state index is 13.2. The first-order valence-corrected chi connectivity index (χ1v) is 10.8. The smallest absolute Gasteiger partial charge is 0.287 e. The SMILES string of the molecule is CCCN(CCC)C(=O)c1nc(C(=O)NCc2ccccc2C)n2c1CCCC2. The molecular formula is C23H32N4O2. The van der Waals surface area contributed by atoms with Crippen LogP contribution < -0.4 is 5.32 Å². The summed E-state index contributed by atoms with van der Waals surface area (Å²) in [5.74, 6) is 0.106. The highest BCUT2D eigenvalue weighted by atomic mass is 16.2. The fourth-order valence-corrected chi connectivity index (χ4v) is 3.96. The molecule has 1 N–H and O–H groups in total. The first-order valence-electron chi connectivity index (χ1n) is 10.8. The fourth-order valence-electron chi connectivity index (χ4n) is 3.96. The van der Waals surface area contributed by atoms with Crippen molar-refractivity contribution in [2.24, 2.45) is 0 Å². The van der Waals surface area contributed by atoms with Gasteiger partial charge in [0, 0.05) is 26.2 Å². The van der Waals surface area contributed by atoms with Crippen LogP contribution >= 0.6 is 0 Å². The Hall–Kier alpha value is -2.63. The van der Waals surface area contributed by atoms with Gasteiger partial charge >= 0.3 is 0 Å². The van der Waals surface area contributed by atoms with E-state index in [-0.39, 0.29) is 11.8 Å². The van der Waals surface area contributed by atoms with Gasteiger partial charge in [0.25, 0.3) is 11.8 Å². The van der Waals surface area contributed by atoms with Crippen molar-refractivity contribution in [1.82, 2.24) is 19.8 Å². The zero-order valence-corrected chi connectivity index (χ0v) is 17.8. The van der Waals surface area contributed by atoms with Crippen molar-refractivity contribution in [3.05, 3.63) is 52.6 Å². The van der Waals surface area contributed by atoms with E-state index in [1.807, 2.05) is 40.7 Å². The van der Waals surface area contributed by atoms with Crippen molar-refractivity contribution in [2.75, 3.05) is 13.1 Å². The van der Waals surface area contributed by atoms with Crippen LogP contribution in [0.25, 0.3) is 0 Å². The van der Waals surface area contributed by atoms with Crippen LogP contribution in [0.15, 0.2) is 24.3 Å². The summed E-state index contributed by atoms with van der Waals surface area (Å²) < 4.78 is 1.96. The molecular weight excluding hydrogens is 364 g/mol. The van der Waals surface area contributed by atoms with Gasteiger partial charge in [-0.15, -0.1) is 0 Å². The second kappa shape index (κ2) is 9.72. The molecule has 6 heteroatoms. The summed E-state index contributed by atoms with van der Waals surface area (Å²) in [5, 5.41) is 2.99. The van der Waals surface area contributed by atoms with E-state index >= 15 is 0 Å². The molecule has 0 unspecified atom stereocenters. The molecule has 2 heterocycles. The highest BCUT2D eigenvalue weighted by Crippen LogP contribution is 2.23. The molecule has 29 heavy (non-hydrogen) atoms. The van der Waals surface area contributed by atoms with Crippen molar-refractivity contribution in [1.29, 1.82) is 0 Å². The number of nitrogens with zero attached hydrogens (tertiary/aromatic N) is 3. The van der Waals surface area contributed by atoms with Crippen molar-refractivity contribution in [3.63, 3.8) is 0 Å². The molecule has 0 saturated heterocycles. The summed E-state index contributed by atoms with van der Waals surface area (Å²) in [6.07, 6.45) is 4.64. The van der Waals surface area contributed by atoms with Crippen molar-refractivity contribution >= 4 is 11.8 Å². The molecule has 1 aliphatic rings. The van der Waals surface area contributed by atoms with Gasteiger partial charge in [0.15, 0.2) is 5.82 Å². The first-order chi connectivity index (χ1) is 14.1. The molecule has 3 rings (SSSR count). The third kappa shape index (κ3) is 4.69. The van der Waals surface area contributed by atoms with Crippen LogP contribution in [-0.4, -0.2) is 39.4 Å². The summed E-state index contributed by atoms with van der Waals surface area (Å²) in [5.41, 5.74) is 3.61. The van der Waals surface area contributed by atoms with E-state index in [2.05, 4.69) is 24.1 Å². The lowest BCUT2D eigenvalue weighted by Gasteiger charge is -2.22. The number of benzene rings is 1. The zero-order chi connectivity index (χ0) is 20.8. The molecule has 2 amide bonds. The molecule has 1 aromatic heterocycles. The number of imidazole rings is 1. The normalized spacial score (nSPS) is 13.1. The maximum absolute atomic E-state index is 13.2. The second-order valence-electron chi connectivity index (χ2n) is 7.74.